The Balaban J connectivity index is 1.49. The van der Waals surface area contributed by atoms with Crippen molar-refractivity contribution in [2.75, 3.05) is 5.32 Å². The van der Waals surface area contributed by atoms with Gasteiger partial charge >= 0.3 is 0 Å². The zero-order chi connectivity index (χ0) is 19.0. The molecule has 140 valence electrons. The number of furan rings is 1. The minimum Gasteiger partial charge on any atom is -0.467 e. The van der Waals surface area contributed by atoms with Gasteiger partial charge < -0.3 is 15.1 Å². The summed E-state index contributed by atoms with van der Waals surface area (Å²) >= 11 is 0. The molecule has 0 radical (unpaired) electrons. The molecule has 1 heterocycles. The van der Waals surface area contributed by atoms with Crippen LogP contribution < -0.4 is 10.6 Å². The van der Waals surface area contributed by atoms with Crippen LogP contribution in [-0.4, -0.2) is 11.8 Å². The first-order chi connectivity index (χ1) is 13.0. The van der Waals surface area contributed by atoms with E-state index in [0.717, 1.165) is 23.2 Å². The first-order valence-electron chi connectivity index (χ1n) is 9.40. The molecule has 2 bridgehead atoms. The molecule has 2 aliphatic rings. The molecule has 5 nitrogen and oxygen atoms in total. The fourth-order valence-electron chi connectivity index (χ4n) is 4.34. The first-order valence-corrected chi connectivity index (χ1v) is 9.40. The molecule has 27 heavy (non-hydrogen) atoms. The van der Waals surface area contributed by atoms with E-state index in [2.05, 4.69) is 22.8 Å². The van der Waals surface area contributed by atoms with Gasteiger partial charge in [-0.05, 0) is 61.4 Å². The minimum absolute atomic E-state index is 0.0706. The van der Waals surface area contributed by atoms with Crippen LogP contribution in [0.15, 0.2) is 53.2 Å². The highest BCUT2D eigenvalue weighted by atomic mass is 16.3. The summed E-state index contributed by atoms with van der Waals surface area (Å²) in [6.07, 6.45) is 6.63. The van der Waals surface area contributed by atoms with E-state index in [1.54, 1.807) is 12.3 Å². The molecule has 4 unspecified atom stereocenters. The number of benzene rings is 1. The highest BCUT2D eigenvalue weighted by Gasteiger charge is 2.51. The van der Waals surface area contributed by atoms with Crippen molar-refractivity contribution >= 4 is 17.5 Å². The van der Waals surface area contributed by atoms with E-state index in [9.17, 15) is 9.59 Å². The maximum atomic E-state index is 13.1. The molecule has 1 saturated carbocycles. The Bertz CT molecular complexity index is 885. The van der Waals surface area contributed by atoms with E-state index in [1.165, 1.54) is 0 Å². The summed E-state index contributed by atoms with van der Waals surface area (Å²) in [4.78, 5) is 25.9. The van der Waals surface area contributed by atoms with Gasteiger partial charge in [0.25, 0.3) is 0 Å². The Kier molecular flexibility index (Phi) is 4.60. The third-order valence-corrected chi connectivity index (χ3v) is 5.94. The lowest BCUT2D eigenvalue weighted by molar-refractivity contribution is -0.133. The van der Waals surface area contributed by atoms with Gasteiger partial charge in [0, 0.05) is 5.69 Å². The molecular formula is C22H24N2O3. The number of hydrogen-bond acceptors (Lipinski definition) is 3. The van der Waals surface area contributed by atoms with E-state index in [1.807, 2.05) is 38.1 Å². The van der Waals surface area contributed by atoms with Crippen molar-refractivity contribution in [3.63, 3.8) is 0 Å². The third kappa shape index (κ3) is 3.29. The van der Waals surface area contributed by atoms with E-state index < -0.39 is 0 Å². The second-order valence-corrected chi connectivity index (χ2v) is 7.53. The average molecular weight is 364 g/mol. The highest BCUT2D eigenvalue weighted by Crippen LogP contribution is 2.48. The molecule has 4 rings (SSSR count). The second kappa shape index (κ2) is 7.06. The Hall–Kier alpha value is -2.82. The van der Waals surface area contributed by atoms with Crippen molar-refractivity contribution in [2.24, 2.45) is 23.7 Å². The molecular weight excluding hydrogens is 340 g/mol. The van der Waals surface area contributed by atoms with E-state index in [0.29, 0.717) is 12.3 Å². The summed E-state index contributed by atoms with van der Waals surface area (Å²) in [6.45, 7) is 4.37. The number of aryl methyl sites for hydroxylation is 1. The van der Waals surface area contributed by atoms with Gasteiger partial charge in [-0.3, -0.25) is 9.59 Å². The largest absolute Gasteiger partial charge is 0.467 e. The van der Waals surface area contributed by atoms with E-state index in [-0.39, 0.29) is 35.5 Å². The molecule has 2 amide bonds. The number of anilines is 1. The highest BCUT2D eigenvalue weighted by molar-refractivity contribution is 5.98. The standard InChI is InChI=1S/C22H24N2O3/c1-13-5-3-7-18(14(13)2)24-22(26)20-16-9-8-15(11-16)19(20)21(25)23-12-17-6-4-10-27-17/h3-10,15-16,19-20H,11-12H2,1-2H3,(H,23,25)(H,24,26). The summed E-state index contributed by atoms with van der Waals surface area (Å²) in [5.74, 6) is 0.138. The number of rotatable bonds is 5. The lowest BCUT2D eigenvalue weighted by Crippen LogP contribution is -2.41. The molecule has 0 aliphatic heterocycles. The fourth-order valence-corrected chi connectivity index (χ4v) is 4.34. The van der Waals surface area contributed by atoms with Crippen LogP contribution in [0.3, 0.4) is 0 Å². The van der Waals surface area contributed by atoms with Gasteiger partial charge in [0.1, 0.15) is 5.76 Å². The molecule has 1 aromatic heterocycles. The van der Waals surface area contributed by atoms with Crippen molar-refractivity contribution in [2.45, 2.75) is 26.8 Å². The lowest BCUT2D eigenvalue weighted by atomic mass is 9.81. The predicted molar refractivity (Wildman–Crippen MR) is 103 cm³/mol. The number of amides is 2. The Morgan fingerprint density at radius 3 is 2.48 bits per heavy atom. The molecule has 2 N–H and O–H groups in total. The van der Waals surface area contributed by atoms with Crippen molar-refractivity contribution < 1.29 is 14.0 Å². The number of allylic oxidation sites excluding steroid dienone is 2. The maximum absolute atomic E-state index is 13.1. The van der Waals surface area contributed by atoms with Crippen LogP contribution in [0.1, 0.15) is 23.3 Å². The second-order valence-electron chi connectivity index (χ2n) is 7.53. The van der Waals surface area contributed by atoms with Gasteiger partial charge in [0.15, 0.2) is 0 Å². The van der Waals surface area contributed by atoms with Gasteiger partial charge in [-0.15, -0.1) is 0 Å². The Morgan fingerprint density at radius 1 is 1.04 bits per heavy atom. The van der Waals surface area contributed by atoms with Crippen LogP contribution in [0.25, 0.3) is 0 Å². The van der Waals surface area contributed by atoms with Crippen LogP contribution in [0.5, 0.6) is 0 Å². The number of fused-ring (bicyclic) bond motifs is 2. The van der Waals surface area contributed by atoms with Crippen molar-refractivity contribution in [3.8, 4) is 0 Å². The Morgan fingerprint density at radius 2 is 1.78 bits per heavy atom. The lowest BCUT2D eigenvalue weighted by Gasteiger charge is -2.26. The van der Waals surface area contributed by atoms with Crippen LogP contribution in [0, 0.1) is 37.5 Å². The number of carbonyl (C=O) groups is 2. The monoisotopic (exact) mass is 364 g/mol. The third-order valence-electron chi connectivity index (χ3n) is 5.94. The van der Waals surface area contributed by atoms with Crippen LogP contribution >= 0.6 is 0 Å². The maximum Gasteiger partial charge on any atom is 0.228 e. The molecule has 4 atom stereocenters. The molecule has 0 saturated heterocycles. The SMILES string of the molecule is Cc1cccc(NC(=O)C2C3C=CC(C3)C2C(=O)NCc2ccco2)c1C. The zero-order valence-corrected chi connectivity index (χ0v) is 15.6. The smallest absolute Gasteiger partial charge is 0.228 e. The van der Waals surface area contributed by atoms with Crippen molar-refractivity contribution in [1.82, 2.24) is 5.32 Å². The van der Waals surface area contributed by atoms with Gasteiger partial charge in [0.05, 0.1) is 24.6 Å². The van der Waals surface area contributed by atoms with E-state index in [4.69, 9.17) is 4.42 Å². The molecule has 1 aromatic carbocycles. The van der Waals surface area contributed by atoms with Gasteiger partial charge in [-0.25, -0.2) is 0 Å². The van der Waals surface area contributed by atoms with Gasteiger partial charge in [0.2, 0.25) is 11.8 Å². The molecule has 0 spiro atoms. The average Bonchev–Trinajstić information content (AvgIpc) is 3.40. The van der Waals surface area contributed by atoms with Crippen molar-refractivity contribution in [1.29, 1.82) is 0 Å². The number of carbonyl (C=O) groups excluding carboxylic acids is 2. The van der Waals surface area contributed by atoms with Crippen LogP contribution in [-0.2, 0) is 16.1 Å². The summed E-state index contributed by atoms with van der Waals surface area (Å²) in [7, 11) is 0. The topological polar surface area (TPSA) is 71.3 Å². The zero-order valence-electron chi connectivity index (χ0n) is 15.6. The Labute approximate surface area is 158 Å². The number of nitrogens with one attached hydrogen (secondary N) is 2. The quantitative estimate of drug-likeness (QED) is 0.797. The summed E-state index contributed by atoms with van der Waals surface area (Å²) < 4.78 is 5.28. The number of hydrogen-bond donors (Lipinski definition) is 2. The molecule has 1 fully saturated rings. The van der Waals surface area contributed by atoms with Crippen LogP contribution in [0.4, 0.5) is 5.69 Å². The summed E-state index contributed by atoms with van der Waals surface area (Å²) in [5.41, 5.74) is 3.01. The fraction of sp³-hybridized carbons (Fsp3) is 0.364. The normalized spacial score (nSPS) is 25.6. The van der Waals surface area contributed by atoms with Gasteiger partial charge in [-0.2, -0.15) is 0 Å². The molecule has 5 heteroatoms. The predicted octanol–water partition coefficient (Wildman–Crippen LogP) is 3.59. The van der Waals surface area contributed by atoms with E-state index >= 15 is 0 Å². The molecule has 2 aliphatic carbocycles. The first kappa shape index (κ1) is 17.6. The summed E-state index contributed by atoms with van der Waals surface area (Å²) in [6, 6.07) is 9.49. The molecule has 2 aromatic rings. The summed E-state index contributed by atoms with van der Waals surface area (Å²) in [5, 5.41) is 6.00. The minimum atomic E-state index is -0.337. The van der Waals surface area contributed by atoms with Crippen molar-refractivity contribution in [3.05, 3.63) is 65.6 Å². The van der Waals surface area contributed by atoms with Crippen LogP contribution in [0.2, 0.25) is 0 Å². The van der Waals surface area contributed by atoms with Gasteiger partial charge in [-0.1, -0.05) is 24.3 Å².